The molecule has 1 aliphatic rings. The Morgan fingerprint density at radius 2 is 1.92 bits per heavy atom. The molecule has 1 unspecified atom stereocenters. The van der Waals surface area contributed by atoms with Crippen LogP contribution in [0.15, 0.2) is 48.5 Å². The third-order valence-electron chi connectivity index (χ3n) is 5.23. The monoisotopic (exact) mass is 317 g/mol. The molecule has 0 saturated carbocycles. The van der Waals surface area contributed by atoms with Crippen LogP contribution < -0.4 is 0 Å². The number of hydrogen-bond acceptors (Lipinski definition) is 1. The molecular weight excluding hydrogens is 294 g/mol. The van der Waals surface area contributed by atoms with E-state index in [0.29, 0.717) is 6.04 Å². The first-order chi connectivity index (χ1) is 11.7. The maximum Gasteiger partial charge on any atom is 0.162 e. The molecule has 2 heterocycles. The summed E-state index contributed by atoms with van der Waals surface area (Å²) in [5.41, 5.74) is 6.17. The van der Waals surface area contributed by atoms with E-state index in [1.165, 1.54) is 22.3 Å². The molecule has 1 aromatic heterocycles. The first-order valence-corrected chi connectivity index (χ1v) is 8.93. The third-order valence-corrected chi connectivity index (χ3v) is 5.23. The highest BCUT2D eigenvalue weighted by Crippen LogP contribution is 2.40. The van der Waals surface area contributed by atoms with Gasteiger partial charge in [0, 0.05) is 16.6 Å². The van der Waals surface area contributed by atoms with Gasteiger partial charge in [0.2, 0.25) is 0 Å². The Labute approximate surface area is 143 Å². The van der Waals surface area contributed by atoms with Crippen molar-refractivity contribution >= 4 is 16.7 Å². The van der Waals surface area contributed by atoms with Crippen molar-refractivity contribution in [3.8, 4) is 0 Å². The number of Topliss-reactive ketones (excluding diaryl/α,β-unsaturated/α-hetero) is 1. The van der Waals surface area contributed by atoms with Crippen molar-refractivity contribution < 1.29 is 4.79 Å². The number of carbonyl (C=O) groups excluding carboxylic acids is 1. The first kappa shape index (κ1) is 15.2. The molecule has 3 aromatic rings. The average Bonchev–Trinajstić information content (AvgIpc) is 2.93. The molecule has 2 aromatic carbocycles. The normalized spacial score (nSPS) is 16.5. The van der Waals surface area contributed by atoms with Crippen molar-refractivity contribution in [1.82, 2.24) is 4.57 Å². The standard InChI is InChI=1S/C22H23NO/c1-3-8-20-21(15(2)24)18-12-7-11-17-13-14-19(23(20)22(17)18)16-9-5-4-6-10-16/h4-7,9-12,19H,3,8,13-14H2,1-2H3. The fraction of sp³-hybridized carbons (Fsp3) is 0.318. The van der Waals surface area contributed by atoms with Gasteiger partial charge >= 0.3 is 0 Å². The summed E-state index contributed by atoms with van der Waals surface area (Å²) >= 11 is 0. The summed E-state index contributed by atoms with van der Waals surface area (Å²) in [6, 6.07) is 17.5. The van der Waals surface area contributed by atoms with E-state index in [1.807, 2.05) is 0 Å². The molecule has 0 bridgehead atoms. The Morgan fingerprint density at radius 3 is 2.62 bits per heavy atom. The van der Waals surface area contributed by atoms with Gasteiger partial charge in [-0.15, -0.1) is 0 Å². The fourth-order valence-electron chi connectivity index (χ4n) is 4.32. The highest BCUT2D eigenvalue weighted by atomic mass is 16.1. The minimum atomic E-state index is 0.188. The zero-order valence-corrected chi connectivity index (χ0v) is 14.4. The summed E-state index contributed by atoms with van der Waals surface area (Å²) < 4.78 is 2.48. The van der Waals surface area contributed by atoms with Gasteiger partial charge in [-0.25, -0.2) is 0 Å². The fourth-order valence-corrected chi connectivity index (χ4v) is 4.32. The number of aromatic nitrogens is 1. The van der Waals surface area contributed by atoms with Crippen LogP contribution in [0.2, 0.25) is 0 Å². The van der Waals surface area contributed by atoms with Crippen LogP contribution in [0, 0.1) is 0 Å². The highest BCUT2D eigenvalue weighted by molar-refractivity contribution is 6.09. The summed E-state index contributed by atoms with van der Waals surface area (Å²) in [4.78, 5) is 12.4. The minimum Gasteiger partial charge on any atom is -0.336 e. The lowest BCUT2D eigenvalue weighted by atomic mass is 9.94. The lowest BCUT2D eigenvalue weighted by Crippen LogP contribution is -2.19. The zero-order chi connectivity index (χ0) is 16.7. The number of nitrogens with zero attached hydrogens (tertiary/aromatic N) is 1. The maximum atomic E-state index is 12.4. The second-order valence-electron chi connectivity index (χ2n) is 6.78. The van der Waals surface area contributed by atoms with E-state index >= 15 is 0 Å². The molecular formula is C22H23NO. The van der Waals surface area contributed by atoms with E-state index in [4.69, 9.17) is 0 Å². The smallest absolute Gasteiger partial charge is 0.162 e. The van der Waals surface area contributed by atoms with Gasteiger partial charge < -0.3 is 4.57 Å². The van der Waals surface area contributed by atoms with E-state index in [0.717, 1.165) is 36.6 Å². The molecule has 0 N–H and O–H groups in total. The quantitative estimate of drug-likeness (QED) is 0.596. The largest absolute Gasteiger partial charge is 0.336 e. The van der Waals surface area contributed by atoms with Gasteiger partial charge in [0.25, 0.3) is 0 Å². The minimum absolute atomic E-state index is 0.188. The van der Waals surface area contributed by atoms with Crippen molar-refractivity contribution in [3.63, 3.8) is 0 Å². The molecule has 0 saturated heterocycles. The predicted molar refractivity (Wildman–Crippen MR) is 98.8 cm³/mol. The molecule has 0 fully saturated rings. The molecule has 1 atom stereocenters. The Balaban J connectivity index is 2.06. The summed E-state index contributed by atoms with van der Waals surface area (Å²) in [6.45, 7) is 3.90. The van der Waals surface area contributed by atoms with Crippen LogP contribution >= 0.6 is 0 Å². The van der Waals surface area contributed by atoms with Gasteiger partial charge in [-0.1, -0.05) is 61.9 Å². The Bertz CT molecular complexity index is 905. The maximum absolute atomic E-state index is 12.4. The van der Waals surface area contributed by atoms with Crippen LogP contribution in [0.1, 0.15) is 59.9 Å². The van der Waals surface area contributed by atoms with Crippen LogP contribution in [-0.2, 0) is 12.8 Å². The van der Waals surface area contributed by atoms with Gasteiger partial charge in [0.15, 0.2) is 5.78 Å². The zero-order valence-electron chi connectivity index (χ0n) is 14.4. The van der Waals surface area contributed by atoms with E-state index in [1.54, 1.807) is 6.92 Å². The number of carbonyl (C=O) groups is 1. The van der Waals surface area contributed by atoms with Crippen LogP contribution in [0.25, 0.3) is 10.9 Å². The number of ketones is 1. The van der Waals surface area contributed by atoms with Crippen LogP contribution in [0.4, 0.5) is 0 Å². The average molecular weight is 317 g/mol. The summed E-state index contributed by atoms with van der Waals surface area (Å²) in [5, 5.41) is 1.14. The predicted octanol–water partition coefficient (Wildman–Crippen LogP) is 5.33. The Kier molecular flexibility index (Phi) is 3.76. The first-order valence-electron chi connectivity index (χ1n) is 8.93. The molecule has 0 amide bonds. The van der Waals surface area contributed by atoms with E-state index in [-0.39, 0.29) is 5.78 Å². The van der Waals surface area contributed by atoms with E-state index in [2.05, 4.69) is 60.0 Å². The second kappa shape index (κ2) is 5.94. The molecule has 0 radical (unpaired) electrons. The molecule has 0 spiro atoms. The molecule has 2 nitrogen and oxygen atoms in total. The lowest BCUT2D eigenvalue weighted by molar-refractivity contribution is 0.101. The second-order valence-corrected chi connectivity index (χ2v) is 6.78. The summed E-state index contributed by atoms with van der Waals surface area (Å²) in [5.74, 6) is 0.188. The number of para-hydroxylation sites is 1. The summed E-state index contributed by atoms with van der Waals surface area (Å²) in [7, 11) is 0. The van der Waals surface area contributed by atoms with Crippen molar-refractivity contribution in [1.29, 1.82) is 0 Å². The van der Waals surface area contributed by atoms with Gasteiger partial charge in [0.1, 0.15) is 0 Å². The topological polar surface area (TPSA) is 22.0 Å². The lowest BCUT2D eigenvalue weighted by Gasteiger charge is -2.28. The number of hydrogen-bond donors (Lipinski definition) is 0. The number of rotatable bonds is 4. The van der Waals surface area contributed by atoms with Crippen LogP contribution in [0.3, 0.4) is 0 Å². The highest BCUT2D eigenvalue weighted by Gasteiger charge is 2.29. The number of benzene rings is 2. The van der Waals surface area contributed by atoms with E-state index in [9.17, 15) is 4.79 Å². The Hall–Kier alpha value is -2.35. The molecule has 24 heavy (non-hydrogen) atoms. The molecule has 0 aliphatic carbocycles. The number of aryl methyl sites for hydroxylation is 1. The van der Waals surface area contributed by atoms with Crippen molar-refractivity contribution in [2.75, 3.05) is 0 Å². The van der Waals surface area contributed by atoms with Gasteiger partial charge in [-0.3, -0.25) is 4.79 Å². The van der Waals surface area contributed by atoms with Crippen molar-refractivity contribution in [2.45, 2.75) is 45.6 Å². The van der Waals surface area contributed by atoms with Crippen molar-refractivity contribution in [3.05, 3.63) is 70.9 Å². The Morgan fingerprint density at radius 1 is 1.12 bits per heavy atom. The molecule has 4 rings (SSSR count). The van der Waals surface area contributed by atoms with E-state index < -0.39 is 0 Å². The molecule has 1 aliphatic heterocycles. The summed E-state index contributed by atoms with van der Waals surface area (Å²) in [6.07, 6.45) is 4.17. The van der Waals surface area contributed by atoms with Crippen LogP contribution in [-0.4, -0.2) is 10.4 Å². The SMILES string of the molecule is CCCc1c(C(C)=O)c2cccc3c2n1C(c1ccccc1)CC3. The molecule has 2 heteroatoms. The molecule has 122 valence electrons. The third kappa shape index (κ3) is 2.21. The van der Waals surface area contributed by atoms with Crippen molar-refractivity contribution in [2.24, 2.45) is 0 Å². The van der Waals surface area contributed by atoms with Crippen LogP contribution in [0.5, 0.6) is 0 Å². The van der Waals surface area contributed by atoms with Gasteiger partial charge in [-0.2, -0.15) is 0 Å². The van der Waals surface area contributed by atoms with Gasteiger partial charge in [0.05, 0.1) is 11.6 Å². The van der Waals surface area contributed by atoms with Gasteiger partial charge in [-0.05, 0) is 37.3 Å².